The van der Waals surface area contributed by atoms with Gasteiger partial charge in [-0.3, -0.25) is 0 Å². The monoisotopic (exact) mass is 671 g/mol. The van der Waals surface area contributed by atoms with Gasteiger partial charge in [-0.05, 0) is 95.7 Å². The number of aromatic nitrogens is 1. The maximum absolute atomic E-state index is 5.33. The van der Waals surface area contributed by atoms with Crippen molar-refractivity contribution >= 4 is 10.8 Å². The standard InChI is InChI=1S/C52H33N/c1-3-15-34(16-4-1)37-20-13-21-38(31-37)49-33-39(32-48(53-49)36-18-5-2-6-19-36)41-25-14-28-46-51(41)43-24-10-12-27-45(43)52(46)44-26-11-9-23-42(44)50-40-22-8-7-17-35(40)29-30-47(50)52/h1-33H. The van der Waals surface area contributed by atoms with Gasteiger partial charge < -0.3 is 0 Å². The summed E-state index contributed by atoms with van der Waals surface area (Å²) in [5.74, 6) is 0. The smallest absolute Gasteiger partial charge is 0.0725 e. The van der Waals surface area contributed by atoms with Gasteiger partial charge >= 0.3 is 0 Å². The molecule has 53 heavy (non-hydrogen) atoms. The fourth-order valence-corrected chi connectivity index (χ4v) is 9.28. The van der Waals surface area contributed by atoms with E-state index < -0.39 is 5.41 Å². The normalized spacial score (nSPS) is 14.9. The van der Waals surface area contributed by atoms with E-state index in [1.54, 1.807) is 0 Å². The van der Waals surface area contributed by atoms with Crippen molar-refractivity contribution in [3.63, 3.8) is 0 Å². The first-order valence-electron chi connectivity index (χ1n) is 18.4. The first kappa shape index (κ1) is 29.9. The Kier molecular flexibility index (Phi) is 6.53. The number of pyridine rings is 1. The fourth-order valence-electron chi connectivity index (χ4n) is 9.28. The summed E-state index contributed by atoms with van der Waals surface area (Å²) < 4.78 is 0. The minimum atomic E-state index is -0.431. The van der Waals surface area contributed by atoms with E-state index in [0.717, 1.165) is 28.1 Å². The molecule has 0 amide bonds. The summed E-state index contributed by atoms with van der Waals surface area (Å²) in [6.07, 6.45) is 0. The van der Waals surface area contributed by atoms with Gasteiger partial charge in [0.1, 0.15) is 0 Å². The Labute approximate surface area is 309 Å². The van der Waals surface area contributed by atoms with E-state index >= 15 is 0 Å². The fraction of sp³-hybridized carbons (Fsp3) is 0.0192. The molecule has 0 saturated heterocycles. The van der Waals surface area contributed by atoms with Crippen LogP contribution in [0.3, 0.4) is 0 Å². The van der Waals surface area contributed by atoms with E-state index in [4.69, 9.17) is 4.98 Å². The molecule has 1 atom stereocenters. The third kappa shape index (κ3) is 4.35. The van der Waals surface area contributed by atoms with E-state index in [1.807, 2.05) is 0 Å². The predicted molar refractivity (Wildman–Crippen MR) is 220 cm³/mol. The molecule has 1 spiro atoms. The lowest BCUT2D eigenvalue weighted by Gasteiger charge is -2.30. The SMILES string of the molecule is c1ccc(-c2cccc(-c3cc(-c4cccc5c4-c4ccccc4C54c5ccccc5-c5c4ccc4ccccc54)cc(-c4ccccc4)n3)c2)cc1. The van der Waals surface area contributed by atoms with Crippen LogP contribution < -0.4 is 0 Å². The highest BCUT2D eigenvalue weighted by molar-refractivity contribution is 6.07. The summed E-state index contributed by atoms with van der Waals surface area (Å²) in [6.45, 7) is 0. The zero-order valence-electron chi connectivity index (χ0n) is 29.0. The Morgan fingerprint density at radius 2 is 0.830 bits per heavy atom. The number of hydrogen-bond donors (Lipinski definition) is 0. The van der Waals surface area contributed by atoms with Gasteiger partial charge in [0.2, 0.25) is 0 Å². The number of benzene rings is 8. The van der Waals surface area contributed by atoms with Gasteiger partial charge in [-0.15, -0.1) is 0 Å². The van der Waals surface area contributed by atoms with Crippen molar-refractivity contribution in [1.29, 1.82) is 0 Å². The van der Waals surface area contributed by atoms with Gasteiger partial charge in [0, 0.05) is 11.1 Å². The average molecular weight is 672 g/mol. The molecule has 0 radical (unpaired) electrons. The predicted octanol–water partition coefficient (Wildman–Crippen LogP) is 13.2. The summed E-state index contributed by atoms with van der Waals surface area (Å²) in [5.41, 5.74) is 19.1. The largest absolute Gasteiger partial charge is 0.248 e. The van der Waals surface area contributed by atoms with Crippen molar-refractivity contribution in [3.05, 3.63) is 222 Å². The summed E-state index contributed by atoms with van der Waals surface area (Å²) in [4.78, 5) is 5.33. The molecule has 1 aromatic heterocycles. The van der Waals surface area contributed by atoms with Gasteiger partial charge in [0.05, 0.1) is 16.8 Å². The summed E-state index contributed by atoms with van der Waals surface area (Å²) in [7, 11) is 0. The van der Waals surface area contributed by atoms with E-state index in [0.29, 0.717) is 0 Å². The van der Waals surface area contributed by atoms with Crippen LogP contribution in [0.4, 0.5) is 0 Å². The molecule has 0 bridgehead atoms. The number of hydrogen-bond acceptors (Lipinski definition) is 1. The van der Waals surface area contributed by atoms with Crippen LogP contribution in [0.1, 0.15) is 22.3 Å². The number of fused-ring (bicyclic) bond motifs is 12. The van der Waals surface area contributed by atoms with Gasteiger partial charge in [-0.25, -0.2) is 4.98 Å². The van der Waals surface area contributed by atoms with Crippen LogP contribution in [0.5, 0.6) is 0 Å². The van der Waals surface area contributed by atoms with Crippen molar-refractivity contribution in [2.75, 3.05) is 0 Å². The summed E-state index contributed by atoms with van der Waals surface area (Å²) >= 11 is 0. The molecule has 2 aliphatic rings. The summed E-state index contributed by atoms with van der Waals surface area (Å²) in [6, 6.07) is 73.2. The van der Waals surface area contributed by atoms with Crippen LogP contribution in [0.2, 0.25) is 0 Å². The van der Waals surface area contributed by atoms with E-state index in [1.165, 1.54) is 72.0 Å². The third-order valence-electron chi connectivity index (χ3n) is 11.5. The highest BCUT2D eigenvalue weighted by atomic mass is 14.7. The van der Waals surface area contributed by atoms with Crippen molar-refractivity contribution < 1.29 is 0 Å². The zero-order chi connectivity index (χ0) is 34.9. The van der Waals surface area contributed by atoms with Crippen LogP contribution in [0.15, 0.2) is 200 Å². The third-order valence-corrected chi connectivity index (χ3v) is 11.5. The highest BCUT2D eigenvalue weighted by Gasteiger charge is 2.52. The minimum Gasteiger partial charge on any atom is -0.248 e. The van der Waals surface area contributed by atoms with Crippen LogP contribution >= 0.6 is 0 Å². The molecule has 1 unspecified atom stereocenters. The van der Waals surface area contributed by atoms with E-state index in [2.05, 4.69) is 200 Å². The molecular weight excluding hydrogens is 639 g/mol. The molecule has 246 valence electrons. The van der Waals surface area contributed by atoms with Gasteiger partial charge in [0.15, 0.2) is 0 Å². The van der Waals surface area contributed by atoms with Crippen molar-refractivity contribution in [2.24, 2.45) is 0 Å². The molecule has 8 aromatic carbocycles. The quantitative estimate of drug-likeness (QED) is 0.181. The van der Waals surface area contributed by atoms with Crippen molar-refractivity contribution in [2.45, 2.75) is 5.41 Å². The maximum atomic E-state index is 5.33. The van der Waals surface area contributed by atoms with Gasteiger partial charge in [0.25, 0.3) is 0 Å². The van der Waals surface area contributed by atoms with Crippen LogP contribution in [0.25, 0.3) is 77.8 Å². The Morgan fingerprint density at radius 1 is 0.302 bits per heavy atom. The lowest BCUT2D eigenvalue weighted by atomic mass is 9.70. The summed E-state index contributed by atoms with van der Waals surface area (Å²) in [5, 5.41) is 2.58. The lowest BCUT2D eigenvalue weighted by Crippen LogP contribution is -2.25. The van der Waals surface area contributed by atoms with Crippen molar-refractivity contribution in [3.8, 4) is 67.0 Å². The maximum Gasteiger partial charge on any atom is 0.0725 e. The molecule has 2 aliphatic carbocycles. The molecule has 1 heteroatoms. The first-order chi connectivity index (χ1) is 26.3. The van der Waals surface area contributed by atoms with Gasteiger partial charge in [-0.2, -0.15) is 0 Å². The molecular formula is C52H33N. The lowest BCUT2D eigenvalue weighted by molar-refractivity contribution is 0.794. The van der Waals surface area contributed by atoms with Crippen LogP contribution in [0, 0.1) is 0 Å². The molecule has 9 aromatic rings. The topological polar surface area (TPSA) is 12.9 Å². The van der Waals surface area contributed by atoms with E-state index in [9.17, 15) is 0 Å². The molecule has 0 aliphatic heterocycles. The second-order valence-corrected chi connectivity index (χ2v) is 14.2. The highest BCUT2D eigenvalue weighted by Crippen LogP contribution is 2.64. The molecule has 0 N–H and O–H groups in total. The molecule has 0 saturated carbocycles. The zero-order valence-corrected chi connectivity index (χ0v) is 29.0. The van der Waals surface area contributed by atoms with Crippen molar-refractivity contribution in [1.82, 2.24) is 4.98 Å². The Morgan fingerprint density at radius 3 is 1.60 bits per heavy atom. The van der Waals surface area contributed by atoms with E-state index in [-0.39, 0.29) is 0 Å². The molecule has 1 heterocycles. The molecule has 1 nitrogen and oxygen atoms in total. The first-order valence-corrected chi connectivity index (χ1v) is 18.4. The second-order valence-electron chi connectivity index (χ2n) is 14.2. The minimum absolute atomic E-state index is 0.431. The number of rotatable bonds is 4. The van der Waals surface area contributed by atoms with Gasteiger partial charge in [-0.1, -0.05) is 182 Å². The average Bonchev–Trinajstić information content (AvgIpc) is 3.72. The molecule has 0 fully saturated rings. The Hall–Kier alpha value is -6.83. The number of nitrogens with zero attached hydrogens (tertiary/aromatic N) is 1. The second kappa shape index (κ2) is 11.6. The Balaban J connectivity index is 1.19. The van der Waals surface area contributed by atoms with Crippen LogP contribution in [-0.2, 0) is 5.41 Å². The molecule has 11 rings (SSSR count). The van der Waals surface area contributed by atoms with Crippen LogP contribution in [-0.4, -0.2) is 4.98 Å². The Bertz CT molecular complexity index is 2890.